The molecule has 2 heterocycles. The number of hydrogen-bond donors (Lipinski definition) is 5. The third-order valence-electron chi connectivity index (χ3n) is 6.36. The molecule has 1 aromatic heterocycles. The number of fused-ring (bicyclic) bond motifs is 1. The summed E-state index contributed by atoms with van der Waals surface area (Å²) < 4.78 is 14.2. The first kappa shape index (κ1) is 24.0. The van der Waals surface area contributed by atoms with Crippen LogP contribution in [0.3, 0.4) is 0 Å². The predicted molar refractivity (Wildman–Crippen MR) is 123 cm³/mol. The molecule has 1 aromatic carbocycles. The van der Waals surface area contributed by atoms with E-state index >= 15 is 0 Å². The van der Waals surface area contributed by atoms with Gasteiger partial charge >= 0.3 is 0 Å². The highest BCUT2D eigenvalue weighted by Gasteiger charge is 2.34. The number of nitrogens with one attached hydrogen (secondary N) is 4. The third kappa shape index (κ3) is 5.67. The normalized spacial score (nSPS) is 19.8. The van der Waals surface area contributed by atoms with E-state index in [1.807, 2.05) is 0 Å². The molecule has 6 N–H and O–H groups in total. The van der Waals surface area contributed by atoms with Crippen molar-refractivity contribution in [2.24, 2.45) is 17.6 Å². The van der Waals surface area contributed by atoms with Gasteiger partial charge in [-0.15, -0.1) is 0 Å². The fraction of sp³-hybridized carbons (Fsp3) is 0.478. The molecule has 0 unspecified atom stereocenters. The van der Waals surface area contributed by atoms with E-state index in [1.54, 1.807) is 0 Å². The number of H-pyrrole nitrogens is 1. The van der Waals surface area contributed by atoms with Crippen LogP contribution in [0.5, 0.6) is 0 Å². The Bertz CT molecular complexity index is 1130. The maximum atomic E-state index is 14.2. The van der Waals surface area contributed by atoms with E-state index in [2.05, 4.69) is 20.9 Å². The molecule has 11 heteroatoms. The topological polar surface area (TPSA) is 146 Å². The number of benzene rings is 1. The van der Waals surface area contributed by atoms with Crippen LogP contribution in [0, 0.1) is 17.7 Å². The van der Waals surface area contributed by atoms with E-state index < -0.39 is 41.5 Å². The van der Waals surface area contributed by atoms with Crippen molar-refractivity contribution in [3.63, 3.8) is 0 Å². The molecule has 34 heavy (non-hydrogen) atoms. The molecule has 3 atom stereocenters. The number of amides is 4. The van der Waals surface area contributed by atoms with Crippen molar-refractivity contribution in [1.82, 2.24) is 20.9 Å². The molecule has 2 aliphatic rings. The molecular weight excluding hydrogens is 465 g/mol. The van der Waals surface area contributed by atoms with E-state index in [1.165, 1.54) is 12.1 Å². The summed E-state index contributed by atoms with van der Waals surface area (Å²) >= 11 is 5.88. The summed E-state index contributed by atoms with van der Waals surface area (Å²) in [6.45, 7) is 0.586. The second-order valence-corrected chi connectivity index (χ2v) is 9.50. The van der Waals surface area contributed by atoms with Crippen LogP contribution in [0.4, 0.5) is 4.39 Å². The third-order valence-corrected chi connectivity index (χ3v) is 6.58. The Hall–Kier alpha value is -3.14. The summed E-state index contributed by atoms with van der Waals surface area (Å²) in [6.07, 6.45) is 3.77. The second kappa shape index (κ2) is 10.0. The largest absolute Gasteiger partial charge is 0.368 e. The lowest BCUT2D eigenvalue weighted by Gasteiger charge is -2.27. The van der Waals surface area contributed by atoms with E-state index in [9.17, 15) is 23.6 Å². The smallest absolute Gasteiger partial charge is 0.268 e. The molecular formula is C23H27ClFN5O4. The minimum absolute atomic E-state index is 0.0788. The van der Waals surface area contributed by atoms with Crippen molar-refractivity contribution in [3.05, 3.63) is 34.7 Å². The van der Waals surface area contributed by atoms with Gasteiger partial charge in [0.15, 0.2) is 0 Å². The van der Waals surface area contributed by atoms with Crippen molar-refractivity contribution in [2.45, 2.75) is 50.6 Å². The van der Waals surface area contributed by atoms with Gasteiger partial charge < -0.3 is 26.7 Å². The first-order valence-corrected chi connectivity index (χ1v) is 11.7. The Morgan fingerprint density at radius 2 is 1.88 bits per heavy atom. The van der Waals surface area contributed by atoms with Crippen LogP contribution in [0.25, 0.3) is 10.9 Å². The van der Waals surface area contributed by atoms with Gasteiger partial charge in [0.05, 0.1) is 5.52 Å². The quantitative estimate of drug-likeness (QED) is 0.363. The Labute approximate surface area is 200 Å². The molecule has 0 spiro atoms. The lowest BCUT2D eigenvalue weighted by molar-refractivity contribution is -0.131. The number of carbonyl (C=O) groups excluding carboxylic acids is 4. The van der Waals surface area contributed by atoms with Crippen LogP contribution in [-0.4, -0.2) is 47.2 Å². The fourth-order valence-electron chi connectivity index (χ4n) is 4.30. The van der Waals surface area contributed by atoms with Gasteiger partial charge in [0.1, 0.15) is 23.6 Å². The second-order valence-electron chi connectivity index (χ2n) is 9.07. The van der Waals surface area contributed by atoms with Crippen LogP contribution in [0.1, 0.15) is 49.0 Å². The van der Waals surface area contributed by atoms with Crippen molar-refractivity contribution in [2.75, 3.05) is 6.54 Å². The summed E-state index contributed by atoms with van der Waals surface area (Å²) in [7, 11) is 0. The van der Waals surface area contributed by atoms with E-state index in [-0.39, 0.29) is 34.3 Å². The van der Waals surface area contributed by atoms with Crippen molar-refractivity contribution in [3.8, 4) is 0 Å². The van der Waals surface area contributed by atoms with Crippen LogP contribution in [0.15, 0.2) is 18.2 Å². The molecule has 0 radical (unpaired) electrons. The summed E-state index contributed by atoms with van der Waals surface area (Å²) in [5, 5.41) is 8.45. The van der Waals surface area contributed by atoms with E-state index in [0.29, 0.717) is 24.9 Å². The number of nitrogens with two attached hydrogens (primary N) is 1. The summed E-state index contributed by atoms with van der Waals surface area (Å²) in [6, 6.07) is 2.06. The molecule has 0 bridgehead atoms. The highest BCUT2D eigenvalue weighted by molar-refractivity contribution is 6.31. The van der Waals surface area contributed by atoms with Gasteiger partial charge in [-0.05, 0) is 49.8 Å². The summed E-state index contributed by atoms with van der Waals surface area (Å²) in [5.41, 5.74) is 5.94. The Morgan fingerprint density at radius 1 is 1.12 bits per heavy atom. The first-order chi connectivity index (χ1) is 16.2. The van der Waals surface area contributed by atoms with Crippen LogP contribution >= 0.6 is 11.6 Å². The maximum absolute atomic E-state index is 14.2. The molecule has 9 nitrogen and oxygen atoms in total. The molecule has 4 rings (SSSR count). The zero-order chi connectivity index (χ0) is 24.4. The Morgan fingerprint density at radius 3 is 2.56 bits per heavy atom. The summed E-state index contributed by atoms with van der Waals surface area (Å²) in [5.74, 6) is -2.75. The lowest BCUT2D eigenvalue weighted by atomic mass is 9.91. The monoisotopic (exact) mass is 491 g/mol. The number of carbonyl (C=O) groups is 4. The van der Waals surface area contributed by atoms with Crippen LogP contribution < -0.4 is 21.7 Å². The Kier molecular flexibility index (Phi) is 7.06. The Balaban J connectivity index is 1.46. The van der Waals surface area contributed by atoms with Gasteiger partial charge in [-0.25, -0.2) is 4.39 Å². The van der Waals surface area contributed by atoms with Gasteiger partial charge in [0.25, 0.3) is 5.91 Å². The zero-order valence-electron chi connectivity index (χ0n) is 18.5. The first-order valence-electron chi connectivity index (χ1n) is 11.4. The minimum Gasteiger partial charge on any atom is -0.368 e. The van der Waals surface area contributed by atoms with Crippen molar-refractivity contribution >= 4 is 46.1 Å². The standard InChI is InChI=1S/C23H27ClFN5O4/c24-13-8-15(25)14-10-19(28-16(14)9-13)23(34)30-18(6-11-3-4-11)22(33)29-17(20(26)31)7-12-2-1-5-27-21(12)32/h8-12,17-18,28H,1-7H2,(H2,26,31)(H,27,32)(H,29,33)(H,30,34)/t12-,17-,18-/m0/s1. The van der Waals surface area contributed by atoms with Crippen LogP contribution in [-0.2, 0) is 14.4 Å². The van der Waals surface area contributed by atoms with Gasteiger partial charge in [-0.2, -0.15) is 0 Å². The lowest BCUT2D eigenvalue weighted by Crippen LogP contribution is -2.54. The zero-order valence-corrected chi connectivity index (χ0v) is 19.2. The number of hydrogen-bond acceptors (Lipinski definition) is 4. The minimum atomic E-state index is -1.04. The van der Waals surface area contributed by atoms with Crippen molar-refractivity contribution < 1.29 is 23.6 Å². The average molecular weight is 492 g/mol. The van der Waals surface area contributed by atoms with Crippen LogP contribution in [0.2, 0.25) is 5.02 Å². The SMILES string of the molecule is NC(=O)[C@H](C[C@@H]1CCCNC1=O)NC(=O)[C@H](CC1CC1)NC(=O)c1cc2c(F)cc(Cl)cc2[nH]1. The molecule has 4 amide bonds. The van der Waals surface area contributed by atoms with Gasteiger partial charge in [0.2, 0.25) is 17.7 Å². The molecule has 1 saturated carbocycles. The highest BCUT2D eigenvalue weighted by Crippen LogP contribution is 2.34. The number of halogens is 2. The summed E-state index contributed by atoms with van der Waals surface area (Å²) in [4.78, 5) is 52.9. The predicted octanol–water partition coefficient (Wildman–Crippen LogP) is 1.75. The molecule has 2 aromatic rings. The number of rotatable bonds is 9. The molecule has 1 saturated heterocycles. The number of piperidine rings is 1. The average Bonchev–Trinajstić information content (AvgIpc) is 3.49. The maximum Gasteiger partial charge on any atom is 0.268 e. The molecule has 1 aliphatic carbocycles. The number of aromatic amines is 1. The number of primary amides is 1. The highest BCUT2D eigenvalue weighted by atomic mass is 35.5. The van der Waals surface area contributed by atoms with E-state index in [4.69, 9.17) is 17.3 Å². The van der Waals surface area contributed by atoms with Gasteiger partial charge in [-0.3, -0.25) is 19.2 Å². The fourth-order valence-corrected chi connectivity index (χ4v) is 4.51. The van der Waals surface area contributed by atoms with Gasteiger partial charge in [-0.1, -0.05) is 24.4 Å². The van der Waals surface area contributed by atoms with Crippen molar-refractivity contribution in [1.29, 1.82) is 0 Å². The van der Waals surface area contributed by atoms with Gasteiger partial charge in [0, 0.05) is 22.9 Å². The number of aromatic nitrogens is 1. The molecule has 1 aliphatic heterocycles. The molecule has 2 fully saturated rings. The molecule has 182 valence electrons. The van der Waals surface area contributed by atoms with E-state index in [0.717, 1.165) is 25.3 Å².